The lowest BCUT2D eigenvalue weighted by Gasteiger charge is -2.32. The maximum atomic E-state index is 12.9. The molecule has 1 aliphatic rings. The standard InChI is InChI=1S/C21H21F3N2O2/c1-14-7-9-18(10-8-14)25-19(27)16-5-3-11-26(13-16)20(28)15-4-2-6-17(12-15)21(22,23)24/h2,4,6-10,12,16H,3,5,11,13H2,1H3,(H,25,27)/t16-/m0/s1. The van der Waals surface area contributed by atoms with E-state index < -0.39 is 23.6 Å². The second kappa shape index (κ2) is 8.04. The number of halogens is 3. The Hall–Kier alpha value is -2.83. The number of rotatable bonds is 3. The van der Waals surface area contributed by atoms with Gasteiger partial charge in [-0.25, -0.2) is 0 Å². The Labute approximate surface area is 161 Å². The van der Waals surface area contributed by atoms with Gasteiger partial charge in [0.1, 0.15) is 0 Å². The molecule has 0 spiro atoms. The second-order valence-electron chi connectivity index (χ2n) is 7.02. The van der Waals surface area contributed by atoms with E-state index in [-0.39, 0.29) is 18.0 Å². The molecule has 0 saturated carbocycles. The Morgan fingerprint density at radius 2 is 1.82 bits per heavy atom. The van der Waals surface area contributed by atoms with Gasteiger partial charge in [0.05, 0.1) is 11.5 Å². The molecule has 4 nitrogen and oxygen atoms in total. The fourth-order valence-electron chi connectivity index (χ4n) is 3.27. The molecular weight excluding hydrogens is 369 g/mol. The Balaban J connectivity index is 1.68. The molecule has 0 bridgehead atoms. The van der Waals surface area contributed by atoms with Crippen molar-refractivity contribution in [2.75, 3.05) is 18.4 Å². The molecule has 148 valence electrons. The van der Waals surface area contributed by atoms with Crippen LogP contribution < -0.4 is 5.32 Å². The quantitative estimate of drug-likeness (QED) is 0.839. The summed E-state index contributed by atoms with van der Waals surface area (Å²) in [6.45, 7) is 2.56. The second-order valence-corrected chi connectivity index (χ2v) is 7.02. The molecule has 2 amide bonds. The van der Waals surface area contributed by atoms with Gasteiger partial charge < -0.3 is 10.2 Å². The topological polar surface area (TPSA) is 49.4 Å². The molecule has 2 aromatic carbocycles. The van der Waals surface area contributed by atoms with Crippen molar-refractivity contribution in [3.63, 3.8) is 0 Å². The summed E-state index contributed by atoms with van der Waals surface area (Å²) in [4.78, 5) is 26.7. The minimum atomic E-state index is -4.51. The smallest absolute Gasteiger partial charge is 0.338 e. The fourth-order valence-corrected chi connectivity index (χ4v) is 3.27. The number of nitrogens with zero attached hydrogens (tertiary/aromatic N) is 1. The number of benzene rings is 2. The predicted molar refractivity (Wildman–Crippen MR) is 99.9 cm³/mol. The van der Waals surface area contributed by atoms with E-state index in [0.717, 1.165) is 17.7 Å². The Bertz CT molecular complexity index is 863. The number of likely N-dealkylation sites (tertiary alicyclic amines) is 1. The summed E-state index contributed by atoms with van der Waals surface area (Å²) in [5.41, 5.74) is 0.879. The van der Waals surface area contributed by atoms with Crippen LogP contribution in [0.2, 0.25) is 0 Å². The van der Waals surface area contributed by atoms with E-state index in [0.29, 0.717) is 25.1 Å². The summed E-state index contributed by atoms with van der Waals surface area (Å²) in [5, 5.41) is 2.84. The van der Waals surface area contributed by atoms with Crippen molar-refractivity contribution < 1.29 is 22.8 Å². The molecule has 0 unspecified atom stereocenters. The SMILES string of the molecule is Cc1ccc(NC(=O)[C@H]2CCCN(C(=O)c3cccc(C(F)(F)F)c3)C2)cc1. The summed E-state index contributed by atoms with van der Waals surface area (Å²) in [6.07, 6.45) is -3.25. The molecule has 0 radical (unpaired) electrons. The number of alkyl halides is 3. The first kappa shape index (κ1) is 19.9. The van der Waals surface area contributed by atoms with Gasteiger partial charge in [-0.15, -0.1) is 0 Å². The molecule has 0 aliphatic carbocycles. The highest BCUT2D eigenvalue weighted by Gasteiger charge is 2.33. The predicted octanol–water partition coefficient (Wildman–Crippen LogP) is 4.50. The number of carbonyl (C=O) groups excluding carboxylic acids is 2. The van der Waals surface area contributed by atoms with Crippen LogP contribution in [0.1, 0.15) is 34.3 Å². The maximum Gasteiger partial charge on any atom is 0.416 e. The monoisotopic (exact) mass is 390 g/mol. The van der Waals surface area contributed by atoms with Gasteiger partial charge in [-0.05, 0) is 50.1 Å². The lowest BCUT2D eigenvalue weighted by molar-refractivity contribution is -0.137. The first-order valence-electron chi connectivity index (χ1n) is 9.08. The number of aryl methyl sites for hydroxylation is 1. The molecular formula is C21H21F3N2O2. The molecule has 3 rings (SSSR count). The van der Waals surface area contributed by atoms with E-state index in [2.05, 4.69) is 5.32 Å². The number of nitrogens with one attached hydrogen (secondary N) is 1. The normalized spacial score (nSPS) is 17.3. The molecule has 1 N–H and O–H groups in total. The van der Waals surface area contributed by atoms with Crippen LogP contribution in [-0.4, -0.2) is 29.8 Å². The number of anilines is 1. The average Bonchev–Trinajstić information content (AvgIpc) is 2.68. The highest BCUT2D eigenvalue weighted by Crippen LogP contribution is 2.30. The lowest BCUT2D eigenvalue weighted by Crippen LogP contribution is -2.43. The Morgan fingerprint density at radius 1 is 1.11 bits per heavy atom. The molecule has 1 atom stereocenters. The molecule has 1 fully saturated rings. The highest BCUT2D eigenvalue weighted by atomic mass is 19.4. The number of amides is 2. The summed E-state index contributed by atoms with van der Waals surface area (Å²) < 4.78 is 38.7. The zero-order valence-corrected chi connectivity index (χ0v) is 15.4. The van der Waals surface area contributed by atoms with Crippen LogP contribution in [0, 0.1) is 12.8 Å². The third-order valence-electron chi connectivity index (χ3n) is 4.84. The van der Waals surface area contributed by atoms with Gasteiger partial charge in [-0.2, -0.15) is 13.2 Å². The van der Waals surface area contributed by atoms with Gasteiger partial charge in [0.15, 0.2) is 0 Å². The van der Waals surface area contributed by atoms with Crippen LogP contribution in [-0.2, 0) is 11.0 Å². The fraction of sp³-hybridized carbons (Fsp3) is 0.333. The van der Waals surface area contributed by atoms with Gasteiger partial charge >= 0.3 is 6.18 Å². The van der Waals surface area contributed by atoms with E-state index in [4.69, 9.17) is 0 Å². The molecule has 7 heteroatoms. The van der Waals surface area contributed by atoms with E-state index in [1.54, 1.807) is 0 Å². The van der Waals surface area contributed by atoms with E-state index in [1.165, 1.54) is 17.0 Å². The van der Waals surface area contributed by atoms with Gasteiger partial charge in [0.2, 0.25) is 5.91 Å². The van der Waals surface area contributed by atoms with Crippen molar-refractivity contribution in [2.45, 2.75) is 25.9 Å². The summed E-state index contributed by atoms with van der Waals surface area (Å²) >= 11 is 0. The van der Waals surface area contributed by atoms with Crippen LogP contribution in [0.4, 0.5) is 18.9 Å². The molecule has 1 saturated heterocycles. The van der Waals surface area contributed by atoms with E-state index >= 15 is 0 Å². The highest BCUT2D eigenvalue weighted by molar-refractivity contribution is 5.96. The van der Waals surface area contributed by atoms with Gasteiger partial charge in [0.25, 0.3) is 5.91 Å². The van der Waals surface area contributed by atoms with Gasteiger partial charge in [-0.3, -0.25) is 9.59 Å². The first-order chi connectivity index (χ1) is 13.2. The van der Waals surface area contributed by atoms with Crippen LogP contribution >= 0.6 is 0 Å². The van der Waals surface area contributed by atoms with Gasteiger partial charge in [0, 0.05) is 24.3 Å². The summed E-state index contributed by atoms with van der Waals surface area (Å²) in [5.74, 6) is -1.07. The summed E-state index contributed by atoms with van der Waals surface area (Å²) in [6, 6.07) is 11.8. The molecule has 28 heavy (non-hydrogen) atoms. The zero-order chi connectivity index (χ0) is 20.3. The molecule has 1 heterocycles. The third kappa shape index (κ3) is 4.71. The van der Waals surface area contributed by atoms with Crippen LogP contribution in [0.15, 0.2) is 48.5 Å². The number of piperidine rings is 1. The number of hydrogen-bond donors (Lipinski definition) is 1. The van der Waals surface area contributed by atoms with Crippen molar-refractivity contribution in [1.29, 1.82) is 0 Å². The Morgan fingerprint density at radius 3 is 2.50 bits per heavy atom. The first-order valence-corrected chi connectivity index (χ1v) is 9.08. The van der Waals surface area contributed by atoms with E-state index in [9.17, 15) is 22.8 Å². The maximum absolute atomic E-state index is 12.9. The average molecular weight is 390 g/mol. The number of hydrogen-bond acceptors (Lipinski definition) is 2. The van der Waals surface area contributed by atoms with Crippen LogP contribution in [0.5, 0.6) is 0 Å². The lowest BCUT2D eigenvalue weighted by atomic mass is 9.96. The van der Waals surface area contributed by atoms with Crippen molar-refractivity contribution >= 4 is 17.5 Å². The third-order valence-corrected chi connectivity index (χ3v) is 4.84. The van der Waals surface area contributed by atoms with Crippen molar-refractivity contribution in [3.8, 4) is 0 Å². The molecule has 1 aliphatic heterocycles. The van der Waals surface area contributed by atoms with Crippen LogP contribution in [0.25, 0.3) is 0 Å². The van der Waals surface area contributed by atoms with Crippen LogP contribution in [0.3, 0.4) is 0 Å². The zero-order valence-electron chi connectivity index (χ0n) is 15.4. The number of carbonyl (C=O) groups is 2. The van der Waals surface area contributed by atoms with Crippen molar-refractivity contribution in [3.05, 3.63) is 65.2 Å². The van der Waals surface area contributed by atoms with E-state index in [1.807, 2.05) is 31.2 Å². The van der Waals surface area contributed by atoms with Gasteiger partial charge in [-0.1, -0.05) is 23.8 Å². The minimum Gasteiger partial charge on any atom is -0.338 e. The minimum absolute atomic E-state index is 0.0191. The molecule has 2 aromatic rings. The van der Waals surface area contributed by atoms with Crippen molar-refractivity contribution in [2.24, 2.45) is 5.92 Å². The largest absolute Gasteiger partial charge is 0.416 e. The summed E-state index contributed by atoms with van der Waals surface area (Å²) in [7, 11) is 0. The Kier molecular flexibility index (Phi) is 5.72. The van der Waals surface area contributed by atoms with Crippen molar-refractivity contribution in [1.82, 2.24) is 4.90 Å². The molecule has 0 aromatic heterocycles.